The Balaban J connectivity index is 1.53. The third-order valence-electron chi connectivity index (χ3n) is 6.56. The molecule has 0 unspecified atom stereocenters. The molecule has 3 aromatic rings. The van der Waals surface area contributed by atoms with Crippen molar-refractivity contribution in [2.45, 2.75) is 32.2 Å². The van der Waals surface area contributed by atoms with E-state index in [2.05, 4.69) is 42.7 Å². The van der Waals surface area contributed by atoms with Crippen LogP contribution in [-0.4, -0.2) is 59.8 Å². The molecule has 0 spiro atoms. The lowest BCUT2D eigenvalue weighted by Crippen LogP contribution is -2.40. The fraction of sp³-hybridized carbons (Fsp3) is 0.345. The SMILES string of the molecule is COc1ccc(NC(=O)C#CC(C)(C)N2CCCC2)cc1Nc1ncc(Cl)c(Nc2ccccc2P(C)(C)=O)n1. The van der Waals surface area contributed by atoms with Crippen LogP contribution in [0.5, 0.6) is 5.75 Å². The Morgan fingerprint density at radius 3 is 2.52 bits per heavy atom. The van der Waals surface area contributed by atoms with Gasteiger partial charge in [-0.15, -0.1) is 0 Å². The van der Waals surface area contributed by atoms with Gasteiger partial charge >= 0.3 is 0 Å². The molecule has 0 radical (unpaired) electrons. The Labute approximate surface area is 240 Å². The molecule has 0 saturated carbocycles. The molecule has 3 N–H and O–H groups in total. The van der Waals surface area contributed by atoms with Crippen LogP contribution < -0.4 is 26.0 Å². The van der Waals surface area contributed by atoms with Gasteiger partial charge < -0.3 is 25.3 Å². The van der Waals surface area contributed by atoms with Gasteiger partial charge in [-0.05, 0) is 89.4 Å². The first-order valence-electron chi connectivity index (χ1n) is 12.9. The van der Waals surface area contributed by atoms with Crippen LogP contribution in [0.1, 0.15) is 26.7 Å². The van der Waals surface area contributed by atoms with E-state index in [9.17, 15) is 9.36 Å². The summed E-state index contributed by atoms with van der Waals surface area (Å²) in [6.45, 7) is 9.47. The molecule has 1 aromatic heterocycles. The van der Waals surface area contributed by atoms with E-state index in [4.69, 9.17) is 16.3 Å². The second kappa shape index (κ2) is 12.3. The quantitative estimate of drug-likeness (QED) is 0.230. The zero-order valence-corrected chi connectivity index (χ0v) is 25.0. The van der Waals surface area contributed by atoms with Gasteiger partial charge in [0.15, 0.2) is 5.82 Å². The number of anilines is 5. The van der Waals surface area contributed by atoms with Crippen molar-refractivity contribution in [1.29, 1.82) is 0 Å². The number of rotatable bonds is 8. The second-order valence-electron chi connectivity index (χ2n) is 10.4. The third-order valence-corrected chi connectivity index (χ3v) is 8.39. The molecule has 2 aromatic carbocycles. The molecular formula is C29H34ClN6O3P. The summed E-state index contributed by atoms with van der Waals surface area (Å²) >= 11 is 6.39. The van der Waals surface area contributed by atoms with E-state index < -0.39 is 13.0 Å². The van der Waals surface area contributed by atoms with Gasteiger partial charge in [0.2, 0.25) is 5.95 Å². The zero-order chi connectivity index (χ0) is 28.9. The van der Waals surface area contributed by atoms with Crippen molar-refractivity contribution >= 4 is 58.8 Å². The lowest BCUT2D eigenvalue weighted by molar-refractivity contribution is -0.111. The van der Waals surface area contributed by atoms with Crippen LogP contribution in [0.4, 0.5) is 28.8 Å². The molecule has 0 aliphatic carbocycles. The number of para-hydroxylation sites is 1. The maximum atomic E-state index is 12.8. The summed E-state index contributed by atoms with van der Waals surface area (Å²) in [5.41, 5.74) is 1.35. The van der Waals surface area contributed by atoms with Crippen molar-refractivity contribution in [2.24, 2.45) is 0 Å². The van der Waals surface area contributed by atoms with Crippen molar-refractivity contribution < 1.29 is 14.1 Å². The van der Waals surface area contributed by atoms with Crippen molar-refractivity contribution in [3.05, 3.63) is 53.7 Å². The Hall–Kier alpha value is -3.57. The normalized spacial score (nSPS) is 13.8. The number of carbonyl (C=O) groups excluding carboxylic acids is 1. The third kappa shape index (κ3) is 7.33. The smallest absolute Gasteiger partial charge is 0.300 e. The highest BCUT2D eigenvalue weighted by atomic mass is 35.5. The molecule has 1 aliphatic rings. The number of methoxy groups -OCH3 is 1. The number of benzene rings is 2. The molecule has 11 heteroatoms. The first kappa shape index (κ1) is 29.4. The molecule has 0 atom stereocenters. The van der Waals surface area contributed by atoms with E-state index >= 15 is 0 Å². The molecule has 1 fully saturated rings. The molecule has 1 aliphatic heterocycles. The highest BCUT2D eigenvalue weighted by Crippen LogP contribution is 2.39. The Kier molecular flexibility index (Phi) is 9.05. The average Bonchev–Trinajstić information content (AvgIpc) is 3.46. The van der Waals surface area contributed by atoms with E-state index in [-0.39, 0.29) is 11.5 Å². The van der Waals surface area contributed by atoms with Crippen LogP contribution in [0.25, 0.3) is 0 Å². The minimum Gasteiger partial charge on any atom is -0.495 e. The maximum Gasteiger partial charge on any atom is 0.300 e. The Morgan fingerprint density at radius 1 is 1.10 bits per heavy atom. The van der Waals surface area contributed by atoms with Gasteiger partial charge in [0.25, 0.3) is 5.91 Å². The van der Waals surface area contributed by atoms with Crippen LogP contribution in [0, 0.1) is 11.8 Å². The van der Waals surface area contributed by atoms with Crippen LogP contribution in [0.2, 0.25) is 5.02 Å². The fourth-order valence-electron chi connectivity index (χ4n) is 4.42. The van der Waals surface area contributed by atoms with E-state index in [0.29, 0.717) is 39.0 Å². The van der Waals surface area contributed by atoms with E-state index in [1.54, 1.807) is 38.6 Å². The molecule has 4 rings (SSSR count). The van der Waals surface area contributed by atoms with Crippen LogP contribution in [0.15, 0.2) is 48.7 Å². The van der Waals surface area contributed by atoms with Crippen molar-refractivity contribution in [2.75, 3.05) is 49.5 Å². The standard InChI is InChI=1S/C29H34ClN6O3P/c1-29(2,36-16-8-9-17-36)15-14-26(37)32-20-12-13-24(39-3)23(18-20)34-28-31-19-21(30)27(35-28)33-22-10-6-7-11-25(22)40(4,5)38/h6-7,10-13,18-19H,8-9,16-17H2,1-5H3,(H,32,37)(H2,31,33,34,35). The lowest BCUT2D eigenvalue weighted by Gasteiger charge is -2.30. The molecule has 9 nitrogen and oxygen atoms in total. The van der Waals surface area contributed by atoms with Crippen LogP contribution >= 0.6 is 18.7 Å². The first-order chi connectivity index (χ1) is 19.0. The Bertz CT molecular complexity index is 1510. The molecule has 0 bridgehead atoms. The molecule has 210 valence electrons. The molecule has 1 saturated heterocycles. The number of aromatic nitrogens is 2. The fourth-order valence-corrected chi connectivity index (χ4v) is 5.72. The summed E-state index contributed by atoms with van der Waals surface area (Å²) in [4.78, 5) is 23.7. The monoisotopic (exact) mass is 580 g/mol. The van der Waals surface area contributed by atoms with E-state index in [0.717, 1.165) is 25.9 Å². The maximum absolute atomic E-state index is 12.8. The van der Waals surface area contributed by atoms with Crippen LogP contribution in [-0.2, 0) is 9.36 Å². The summed E-state index contributed by atoms with van der Waals surface area (Å²) in [5, 5.41) is 10.1. The number of carbonyl (C=O) groups is 1. The largest absolute Gasteiger partial charge is 0.495 e. The number of hydrogen-bond acceptors (Lipinski definition) is 8. The van der Waals surface area contributed by atoms with Gasteiger partial charge in [0.05, 0.1) is 30.2 Å². The predicted molar refractivity (Wildman–Crippen MR) is 163 cm³/mol. The van der Waals surface area contributed by atoms with Crippen LogP contribution in [0.3, 0.4) is 0 Å². The van der Waals surface area contributed by atoms with Gasteiger partial charge in [-0.2, -0.15) is 4.98 Å². The summed E-state index contributed by atoms with van der Waals surface area (Å²) in [6, 6.07) is 12.5. The molecule has 1 amide bonds. The molecule has 40 heavy (non-hydrogen) atoms. The summed E-state index contributed by atoms with van der Waals surface area (Å²) in [5.74, 6) is 6.56. The lowest BCUT2D eigenvalue weighted by atomic mass is 10.0. The number of nitrogens with one attached hydrogen (secondary N) is 3. The summed E-state index contributed by atoms with van der Waals surface area (Å²) in [6.07, 6.45) is 3.77. The minimum atomic E-state index is -2.55. The van der Waals surface area contributed by atoms with Gasteiger partial charge in [0, 0.05) is 11.0 Å². The minimum absolute atomic E-state index is 0.245. The number of halogens is 1. The van der Waals surface area contributed by atoms with Crippen molar-refractivity contribution in [3.63, 3.8) is 0 Å². The van der Waals surface area contributed by atoms with Gasteiger partial charge in [0.1, 0.15) is 17.9 Å². The molecular weight excluding hydrogens is 547 g/mol. The number of amides is 1. The van der Waals surface area contributed by atoms with E-state index in [1.165, 1.54) is 6.20 Å². The summed E-state index contributed by atoms with van der Waals surface area (Å²) < 4.78 is 18.3. The number of nitrogens with zero attached hydrogens (tertiary/aromatic N) is 3. The highest BCUT2D eigenvalue weighted by molar-refractivity contribution is 7.70. The number of hydrogen-bond donors (Lipinski definition) is 3. The predicted octanol–water partition coefficient (Wildman–Crippen LogP) is 5.69. The topological polar surface area (TPSA) is 108 Å². The highest BCUT2D eigenvalue weighted by Gasteiger charge is 2.27. The number of ether oxygens (including phenoxy) is 1. The number of likely N-dealkylation sites (tertiary alicyclic amines) is 1. The zero-order valence-electron chi connectivity index (χ0n) is 23.3. The van der Waals surface area contributed by atoms with Gasteiger partial charge in [-0.25, -0.2) is 4.98 Å². The van der Waals surface area contributed by atoms with Gasteiger partial charge in [-0.3, -0.25) is 9.69 Å². The van der Waals surface area contributed by atoms with Gasteiger partial charge in [-0.1, -0.05) is 29.7 Å². The Morgan fingerprint density at radius 2 is 1.82 bits per heavy atom. The van der Waals surface area contributed by atoms with Crippen molar-refractivity contribution in [3.8, 4) is 17.6 Å². The van der Waals surface area contributed by atoms with Crippen molar-refractivity contribution in [1.82, 2.24) is 14.9 Å². The first-order valence-corrected chi connectivity index (χ1v) is 15.9. The average molecular weight is 581 g/mol. The second-order valence-corrected chi connectivity index (χ2v) is 14.0. The molecule has 2 heterocycles. The van der Waals surface area contributed by atoms with E-state index in [1.807, 2.05) is 38.1 Å². The summed E-state index contributed by atoms with van der Waals surface area (Å²) in [7, 11) is -1.00.